The third-order valence-electron chi connectivity index (χ3n) is 3.53. The summed E-state index contributed by atoms with van der Waals surface area (Å²) < 4.78 is 0. The molecule has 1 aromatic rings. The van der Waals surface area contributed by atoms with Crippen molar-refractivity contribution in [1.82, 2.24) is 4.98 Å². The topological polar surface area (TPSA) is 103 Å². The minimum absolute atomic E-state index is 0.0846. The molecule has 7 nitrogen and oxygen atoms in total. The molecule has 0 aromatic carbocycles. The second-order valence-corrected chi connectivity index (χ2v) is 4.76. The second-order valence-electron chi connectivity index (χ2n) is 4.76. The van der Waals surface area contributed by atoms with Gasteiger partial charge < -0.3 is 10.0 Å². The number of hydrogen-bond acceptors (Lipinski definition) is 6. The van der Waals surface area contributed by atoms with E-state index < -0.39 is 4.92 Å². The smallest absolute Gasteiger partial charge is 0.305 e. The summed E-state index contributed by atoms with van der Waals surface area (Å²) in [5.41, 5.74) is -0.437. The number of aromatic nitrogens is 1. The molecule has 1 aliphatic rings. The van der Waals surface area contributed by atoms with Crippen molar-refractivity contribution in [3.63, 3.8) is 0 Å². The van der Waals surface area contributed by atoms with Crippen molar-refractivity contribution in [1.29, 1.82) is 5.26 Å². The maximum atomic E-state index is 10.8. The van der Waals surface area contributed by atoms with Crippen molar-refractivity contribution in [3.05, 3.63) is 27.9 Å². The van der Waals surface area contributed by atoms with Crippen LogP contribution in [0.2, 0.25) is 0 Å². The third kappa shape index (κ3) is 2.86. The van der Waals surface area contributed by atoms with Crippen LogP contribution in [0.15, 0.2) is 12.1 Å². The third-order valence-corrected chi connectivity index (χ3v) is 3.53. The molecule has 1 heterocycles. The lowest BCUT2D eigenvalue weighted by atomic mass is 9.91. The molecule has 7 heteroatoms. The lowest BCUT2D eigenvalue weighted by Gasteiger charge is -2.38. The molecule has 0 bridgehead atoms. The van der Waals surface area contributed by atoms with Crippen LogP contribution in [0.25, 0.3) is 0 Å². The predicted molar refractivity (Wildman–Crippen MR) is 72.3 cm³/mol. The summed E-state index contributed by atoms with van der Waals surface area (Å²) >= 11 is 0. The molecule has 1 fully saturated rings. The second kappa shape index (κ2) is 6.30. The Morgan fingerprint density at radius 2 is 2.30 bits per heavy atom. The van der Waals surface area contributed by atoms with Gasteiger partial charge in [-0.15, -0.1) is 0 Å². The first-order chi connectivity index (χ1) is 9.67. The number of nitrogens with zero attached hydrogens (tertiary/aromatic N) is 4. The van der Waals surface area contributed by atoms with Gasteiger partial charge in [0.15, 0.2) is 0 Å². The number of rotatable bonds is 6. The molecule has 1 aromatic heterocycles. The molecule has 20 heavy (non-hydrogen) atoms. The van der Waals surface area contributed by atoms with E-state index >= 15 is 0 Å². The van der Waals surface area contributed by atoms with Gasteiger partial charge in [-0.1, -0.05) is 0 Å². The molecule has 106 valence electrons. The van der Waals surface area contributed by atoms with Crippen molar-refractivity contribution in [2.45, 2.75) is 31.7 Å². The molecule has 1 aliphatic carbocycles. The summed E-state index contributed by atoms with van der Waals surface area (Å²) in [6, 6.07) is 5.03. The zero-order valence-electron chi connectivity index (χ0n) is 11.0. The van der Waals surface area contributed by atoms with Gasteiger partial charge in [-0.2, -0.15) is 5.26 Å². The highest BCUT2D eigenvalue weighted by molar-refractivity contribution is 5.52. The maximum absolute atomic E-state index is 10.8. The van der Waals surface area contributed by atoms with Crippen molar-refractivity contribution in [2.75, 3.05) is 18.1 Å². The Hall–Kier alpha value is -2.20. The minimum atomic E-state index is -0.600. The van der Waals surface area contributed by atoms with Gasteiger partial charge in [0, 0.05) is 25.3 Å². The lowest BCUT2D eigenvalue weighted by molar-refractivity contribution is -0.385. The molecule has 0 aliphatic heterocycles. The van der Waals surface area contributed by atoms with E-state index in [2.05, 4.69) is 4.98 Å². The van der Waals surface area contributed by atoms with E-state index in [0.717, 1.165) is 19.3 Å². The average molecular weight is 276 g/mol. The van der Waals surface area contributed by atoms with Gasteiger partial charge in [0.25, 0.3) is 0 Å². The highest BCUT2D eigenvalue weighted by atomic mass is 16.6. The SMILES string of the molecule is N#Cc1nc(N(CCCO)C2CCC2)ccc1[N+](=O)[O-]. The fraction of sp³-hybridized carbons (Fsp3) is 0.538. The largest absolute Gasteiger partial charge is 0.396 e. The molecule has 2 rings (SSSR count). The van der Waals surface area contributed by atoms with Crippen LogP contribution in [0.1, 0.15) is 31.4 Å². The lowest BCUT2D eigenvalue weighted by Crippen LogP contribution is -2.41. The van der Waals surface area contributed by atoms with Crippen LogP contribution >= 0.6 is 0 Å². The van der Waals surface area contributed by atoms with Crippen LogP contribution < -0.4 is 4.90 Å². The number of aliphatic hydroxyl groups excluding tert-OH is 1. The summed E-state index contributed by atoms with van der Waals surface area (Å²) in [7, 11) is 0. The number of nitriles is 1. The van der Waals surface area contributed by atoms with Gasteiger partial charge in [-0.3, -0.25) is 10.1 Å². The Balaban J connectivity index is 2.28. The standard InChI is InChI=1S/C13H16N4O3/c14-9-11-12(17(19)20)5-6-13(15-11)16(7-2-8-18)10-3-1-4-10/h5-6,10,18H,1-4,7-8H2. The summed E-state index contributed by atoms with van der Waals surface area (Å²) in [6.07, 6.45) is 3.85. The zero-order chi connectivity index (χ0) is 14.5. The fourth-order valence-electron chi connectivity index (χ4n) is 2.25. The molecule has 0 unspecified atom stereocenters. The Labute approximate surface area is 116 Å². The number of anilines is 1. The van der Waals surface area contributed by atoms with Crippen molar-refractivity contribution < 1.29 is 10.0 Å². The van der Waals surface area contributed by atoms with E-state index in [0.29, 0.717) is 24.8 Å². The molecular formula is C13H16N4O3. The molecule has 1 N–H and O–H groups in total. The normalized spacial score (nSPS) is 14.4. The first-order valence-corrected chi connectivity index (χ1v) is 6.60. The van der Waals surface area contributed by atoms with Gasteiger partial charge >= 0.3 is 5.69 Å². The van der Waals surface area contributed by atoms with Gasteiger partial charge in [-0.05, 0) is 31.7 Å². The molecule has 0 radical (unpaired) electrons. The van der Waals surface area contributed by atoms with Crippen LogP contribution in [-0.4, -0.2) is 34.2 Å². The molecule has 0 atom stereocenters. The van der Waals surface area contributed by atoms with Crippen molar-refractivity contribution >= 4 is 11.5 Å². The first-order valence-electron chi connectivity index (χ1n) is 6.60. The average Bonchev–Trinajstić information content (AvgIpc) is 2.40. The summed E-state index contributed by atoms with van der Waals surface area (Å²) in [5, 5.41) is 28.8. The predicted octanol–water partition coefficient (Wildman–Crippen LogP) is 1.60. The fourth-order valence-corrected chi connectivity index (χ4v) is 2.25. The van der Waals surface area contributed by atoms with E-state index in [1.165, 1.54) is 6.07 Å². The number of nitro groups is 1. The Morgan fingerprint density at radius 3 is 2.80 bits per heavy atom. The van der Waals surface area contributed by atoms with E-state index in [1.54, 1.807) is 12.1 Å². The monoisotopic (exact) mass is 276 g/mol. The summed E-state index contributed by atoms with van der Waals surface area (Å²) in [4.78, 5) is 16.3. The van der Waals surface area contributed by atoms with E-state index in [4.69, 9.17) is 10.4 Å². The van der Waals surface area contributed by atoms with Crippen molar-refractivity contribution in [3.8, 4) is 6.07 Å². The molecular weight excluding hydrogens is 260 g/mol. The molecule has 1 saturated carbocycles. The molecule has 0 amide bonds. The molecule has 0 spiro atoms. The van der Waals surface area contributed by atoms with Crippen LogP contribution in [0, 0.1) is 21.4 Å². The van der Waals surface area contributed by atoms with Crippen molar-refractivity contribution in [2.24, 2.45) is 0 Å². The van der Waals surface area contributed by atoms with Crippen LogP contribution in [0.3, 0.4) is 0 Å². The highest BCUT2D eigenvalue weighted by Gasteiger charge is 2.27. The van der Waals surface area contributed by atoms with E-state index in [-0.39, 0.29) is 18.0 Å². The van der Waals surface area contributed by atoms with E-state index in [9.17, 15) is 10.1 Å². The van der Waals surface area contributed by atoms with Crippen LogP contribution in [0.4, 0.5) is 11.5 Å². The highest BCUT2D eigenvalue weighted by Crippen LogP contribution is 2.30. The summed E-state index contributed by atoms with van der Waals surface area (Å²) in [5.74, 6) is 0.574. The number of aliphatic hydroxyl groups is 1. The minimum Gasteiger partial charge on any atom is -0.396 e. The summed E-state index contributed by atoms with van der Waals surface area (Å²) in [6.45, 7) is 0.720. The Morgan fingerprint density at radius 1 is 1.55 bits per heavy atom. The Kier molecular flexibility index (Phi) is 4.48. The Bertz CT molecular complexity index is 537. The van der Waals surface area contributed by atoms with Gasteiger partial charge in [0.05, 0.1) is 4.92 Å². The van der Waals surface area contributed by atoms with Gasteiger partial charge in [0.1, 0.15) is 11.9 Å². The zero-order valence-corrected chi connectivity index (χ0v) is 11.0. The number of pyridine rings is 1. The molecule has 0 saturated heterocycles. The maximum Gasteiger partial charge on any atom is 0.305 e. The van der Waals surface area contributed by atoms with Gasteiger partial charge in [-0.25, -0.2) is 4.98 Å². The number of hydrogen-bond donors (Lipinski definition) is 1. The van der Waals surface area contributed by atoms with Crippen LogP contribution in [-0.2, 0) is 0 Å². The quantitative estimate of drug-likeness (QED) is 0.625. The van der Waals surface area contributed by atoms with Gasteiger partial charge in [0.2, 0.25) is 5.69 Å². The van der Waals surface area contributed by atoms with E-state index in [1.807, 2.05) is 4.90 Å². The first kappa shape index (κ1) is 14.2. The van der Waals surface area contributed by atoms with Crippen LogP contribution in [0.5, 0.6) is 0 Å².